The Bertz CT molecular complexity index is 433. The molecule has 8 nitrogen and oxygen atoms in total. The minimum Gasteiger partial charge on any atom is -0.480 e. The van der Waals surface area contributed by atoms with E-state index < -0.39 is 48.7 Å². The number of rotatable bonds is 8. The number of Topliss-reactive ketones (excluding diaryl/α,β-unsaturated/α-hetero) is 1. The smallest absolute Gasteiger partial charge is 0.370 e. The molecular formula is C14H22O8. The summed E-state index contributed by atoms with van der Waals surface area (Å²) in [4.78, 5) is 22.8. The van der Waals surface area contributed by atoms with Gasteiger partial charge in [0.15, 0.2) is 0 Å². The van der Waals surface area contributed by atoms with Crippen LogP contribution in [-0.4, -0.2) is 68.3 Å². The highest BCUT2D eigenvalue weighted by atomic mass is 16.5. The summed E-state index contributed by atoms with van der Waals surface area (Å²) < 4.78 is 5.12. The molecule has 0 saturated carbocycles. The molecule has 0 bridgehead atoms. The van der Waals surface area contributed by atoms with Gasteiger partial charge in [-0.15, -0.1) is 0 Å². The second-order valence-corrected chi connectivity index (χ2v) is 5.31. The fourth-order valence-electron chi connectivity index (χ4n) is 2.40. The van der Waals surface area contributed by atoms with Gasteiger partial charge in [-0.3, -0.25) is 4.79 Å². The average molecular weight is 318 g/mol. The first-order valence-corrected chi connectivity index (χ1v) is 7.10. The van der Waals surface area contributed by atoms with Crippen LogP contribution < -0.4 is 0 Å². The standard InChI is InChI=1S/C14H22O8/c1-2-3-7(16)4-8-9(17)5-11(14(20)21)22-13(8)12(19)10(18)6-15/h5,8-10,12-13,15,17-19H,2-4,6H2,1H3,(H,20,21)/t8-,9-,10?,12?,13?/m1/s1. The Kier molecular flexibility index (Phi) is 6.95. The second-order valence-electron chi connectivity index (χ2n) is 5.31. The summed E-state index contributed by atoms with van der Waals surface area (Å²) in [7, 11) is 0. The zero-order valence-electron chi connectivity index (χ0n) is 12.3. The summed E-state index contributed by atoms with van der Waals surface area (Å²) in [6.45, 7) is 1.05. The van der Waals surface area contributed by atoms with E-state index in [2.05, 4.69) is 0 Å². The average Bonchev–Trinajstić information content (AvgIpc) is 2.47. The molecule has 8 heteroatoms. The van der Waals surface area contributed by atoms with Crippen LogP contribution in [0.1, 0.15) is 26.2 Å². The van der Waals surface area contributed by atoms with E-state index in [0.29, 0.717) is 6.42 Å². The largest absolute Gasteiger partial charge is 0.480 e. The third-order valence-electron chi connectivity index (χ3n) is 3.57. The van der Waals surface area contributed by atoms with Crippen LogP contribution in [0.25, 0.3) is 0 Å². The first-order valence-electron chi connectivity index (χ1n) is 7.10. The van der Waals surface area contributed by atoms with E-state index in [9.17, 15) is 24.9 Å². The Hall–Kier alpha value is -1.48. The van der Waals surface area contributed by atoms with Crippen LogP contribution in [0.4, 0.5) is 0 Å². The maximum atomic E-state index is 11.8. The molecule has 1 rings (SSSR count). The molecule has 0 fully saturated rings. The van der Waals surface area contributed by atoms with Gasteiger partial charge in [-0.1, -0.05) is 6.92 Å². The van der Waals surface area contributed by atoms with Crippen LogP contribution >= 0.6 is 0 Å². The number of ketones is 1. The highest BCUT2D eigenvalue weighted by Gasteiger charge is 2.43. The Morgan fingerprint density at radius 1 is 1.36 bits per heavy atom. The lowest BCUT2D eigenvalue weighted by Gasteiger charge is -2.37. The molecule has 0 aromatic rings. The SMILES string of the molecule is CCCC(=O)C[C@H]1C(C(O)C(O)CO)OC(C(=O)O)=C[C@H]1O. The Morgan fingerprint density at radius 2 is 2.00 bits per heavy atom. The number of hydrogen-bond acceptors (Lipinski definition) is 7. The number of carboxylic acids is 1. The van der Waals surface area contributed by atoms with E-state index in [-0.39, 0.29) is 18.6 Å². The maximum absolute atomic E-state index is 11.8. The maximum Gasteiger partial charge on any atom is 0.370 e. The molecule has 3 unspecified atom stereocenters. The van der Waals surface area contributed by atoms with Crippen LogP contribution in [0, 0.1) is 5.92 Å². The monoisotopic (exact) mass is 318 g/mol. The zero-order valence-corrected chi connectivity index (χ0v) is 12.3. The van der Waals surface area contributed by atoms with E-state index in [0.717, 1.165) is 6.08 Å². The van der Waals surface area contributed by atoms with Crippen LogP contribution in [0.3, 0.4) is 0 Å². The van der Waals surface area contributed by atoms with Gasteiger partial charge in [0.25, 0.3) is 0 Å². The van der Waals surface area contributed by atoms with Gasteiger partial charge in [-0.05, 0) is 12.5 Å². The lowest BCUT2D eigenvalue weighted by molar-refractivity contribution is -0.154. The van der Waals surface area contributed by atoms with Gasteiger partial charge in [0.05, 0.1) is 12.7 Å². The van der Waals surface area contributed by atoms with Gasteiger partial charge in [0, 0.05) is 18.8 Å². The highest BCUT2D eigenvalue weighted by Crippen LogP contribution is 2.30. The molecule has 5 N–H and O–H groups in total. The predicted octanol–water partition coefficient (Wildman–Crippen LogP) is -1.20. The summed E-state index contributed by atoms with van der Waals surface area (Å²) in [5.74, 6) is -3.08. The van der Waals surface area contributed by atoms with Crippen molar-refractivity contribution in [3.63, 3.8) is 0 Å². The number of ether oxygens (including phenoxy) is 1. The third kappa shape index (κ3) is 4.51. The van der Waals surface area contributed by atoms with Gasteiger partial charge in [-0.2, -0.15) is 0 Å². The number of carboxylic acid groups (broad SMARTS) is 1. The molecular weight excluding hydrogens is 296 g/mol. The van der Waals surface area contributed by atoms with Gasteiger partial charge in [0.1, 0.15) is 24.1 Å². The second kappa shape index (κ2) is 8.23. The fraction of sp³-hybridized carbons (Fsp3) is 0.714. The Morgan fingerprint density at radius 3 is 2.50 bits per heavy atom. The minimum absolute atomic E-state index is 0.127. The molecule has 0 aromatic heterocycles. The molecule has 22 heavy (non-hydrogen) atoms. The summed E-state index contributed by atoms with van der Waals surface area (Å²) in [6.07, 6.45) is -4.11. The van der Waals surface area contributed by atoms with Crippen molar-refractivity contribution in [2.45, 2.75) is 50.6 Å². The van der Waals surface area contributed by atoms with Crippen molar-refractivity contribution in [1.82, 2.24) is 0 Å². The number of hydrogen-bond donors (Lipinski definition) is 5. The van der Waals surface area contributed by atoms with Crippen molar-refractivity contribution < 1.29 is 39.9 Å². The first kappa shape index (κ1) is 18.6. The van der Waals surface area contributed by atoms with Gasteiger partial charge < -0.3 is 30.3 Å². The van der Waals surface area contributed by atoms with Crippen molar-refractivity contribution in [3.8, 4) is 0 Å². The zero-order chi connectivity index (χ0) is 16.9. The number of carbonyl (C=O) groups excluding carboxylic acids is 1. The molecule has 1 aliphatic heterocycles. The quantitative estimate of drug-likeness (QED) is 0.375. The molecule has 5 atom stereocenters. The highest BCUT2D eigenvalue weighted by molar-refractivity contribution is 5.84. The van der Waals surface area contributed by atoms with E-state index in [1.807, 2.05) is 6.92 Å². The number of aliphatic hydroxyl groups is 4. The summed E-state index contributed by atoms with van der Waals surface area (Å²) in [5.41, 5.74) is 0. The molecule has 0 saturated heterocycles. The van der Waals surface area contributed by atoms with Crippen molar-refractivity contribution in [3.05, 3.63) is 11.8 Å². The fourth-order valence-corrected chi connectivity index (χ4v) is 2.40. The van der Waals surface area contributed by atoms with Crippen molar-refractivity contribution in [2.75, 3.05) is 6.61 Å². The first-order chi connectivity index (χ1) is 10.3. The molecule has 1 aliphatic rings. The summed E-state index contributed by atoms with van der Waals surface area (Å²) >= 11 is 0. The molecule has 0 aliphatic carbocycles. The molecule has 0 amide bonds. The van der Waals surface area contributed by atoms with Gasteiger partial charge >= 0.3 is 5.97 Å². The molecule has 0 aromatic carbocycles. The van der Waals surface area contributed by atoms with Crippen molar-refractivity contribution >= 4 is 11.8 Å². The molecule has 1 heterocycles. The van der Waals surface area contributed by atoms with E-state index in [4.69, 9.17) is 14.9 Å². The van der Waals surface area contributed by atoms with Crippen LogP contribution in [-0.2, 0) is 14.3 Å². The normalized spacial score (nSPS) is 27.5. The number of carbonyl (C=O) groups is 2. The van der Waals surface area contributed by atoms with Crippen LogP contribution in [0.5, 0.6) is 0 Å². The van der Waals surface area contributed by atoms with Crippen molar-refractivity contribution in [2.24, 2.45) is 5.92 Å². The predicted molar refractivity (Wildman–Crippen MR) is 73.7 cm³/mol. The topological polar surface area (TPSA) is 145 Å². The molecule has 0 spiro atoms. The van der Waals surface area contributed by atoms with Crippen LogP contribution in [0.2, 0.25) is 0 Å². The lowest BCUT2D eigenvalue weighted by Crippen LogP contribution is -2.51. The summed E-state index contributed by atoms with van der Waals surface area (Å²) in [6, 6.07) is 0. The lowest BCUT2D eigenvalue weighted by atomic mass is 9.83. The van der Waals surface area contributed by atoms with Crippen molar-refractivity contribution in [1.29, 1.82) is 0 Å². The molecule has 126 valence electrons. The Balaban J connectivity index is 3.01. The van der Waals surface area contributed by atoms with Gasteiger partial charge in [-0.25, -0.2) is 4.79 Å². The van der Waals surface area contributed by atoms with Gasteiger partial charge in [0.2, 0.25) is 5.76 Å². The van der Waals surface area contributed by atoms with Crippen LogP contribution in [0.15, 0.2) is 11.8 Å². The Labute approximate surface area is 127 Å². The van der Waals surface area contributed by atoms with E-state index >= 15 is 0 Å². The third-order valence-corrected chi connectivity index (χ3v) is 3.57. The number of aliphatic hydroxyl groups excluding tert-OH is 4. The van der Waals surface area contributed by atoms with E-state index in [1.54, 1.807) is 0 Å². The molecule has 0 radical (unpaired) electrons. The number of aliphatic carboxylic acids is 1. The van der Waals surface area contributed by atoms with E-state index in [1.165, 1.54) is 0 Å². The summed E-state index contributed by atoms with van der Waals surface area (Å²) in [5, 5.41) is 47.4. The minimum atomic E-state index is -1.64.